The third-order valence-corrected chi connectivity index (χ3v) is 10.4. The number of rotatable bonds is 5. The van der Waals surface area contributed by atoms with Crippen molar-refractivity contribution in [3.63, 3.8) is 0 Å². The van der Waals surface area contributed by atoms with E-state index in [1.165, 1.54) is 24.3 Å². The monoisotopic (exact) mass is 692 g/mol. The van der Waals surface area contributed by atoms with Crippen molar-refractivity contribution in [2.75, 3.05) is 0 Å². The normalized spacial score (nSPS) is 12.0. The molecule has 0 N–H and O–H groups in total. The largest absolute Gasteiger partial charge is 0.308 e. The molecule has 0 bridgehead atoms. The third kappa shape index (κ3) is 4.93. The van der Waals surface area contributed by atoms with Crippen LogP contribution in [0.15, 0.2) is 103 Å². The van der Waals surface area contributed by atoms with Crippen molar-refractivity contribution in [2.24, 2.45) is 0 Å². The Hall–Kier alpha value is -4.23. The highest BCUT2D eigenvalue weighted by atomic mass is 35.5. The molecular formula is C38H23ClF3N2P3. The Bertz CT molecular complexity index is 2500. The van der Waals surface area contributed by atoms with Gasteiger partial charge in [-0.1, -0.05) is 70.9 Å². The average molecular weight is 693 g/mol. The Balaban J connectivity index is 1.62. The van der Waals surface area contributed by atoms with E-state index in [-0.39, 0.29) is 5.56 Å². The summed E-state index contributed by atoms with van der Waals surface area (Å²) in [5.74, 6) is -1.99. The number of nitrogens with zero attached hydrogens (tertiary/aromatic N) is 2. The van der Waals surface area contributed by atoms with Gasteiger partial charge in [-0.25, -0.2) is 13.2 Å². The van der Waals surface area contributed by atoms with Crippen LogP contribution in [0.25, 0.3) is 66.1 Å². The Kier molecular flexibility index (Phi) is 7.36. The van der Waals surface area contributed by atoms with Gasteiger partial charge in [0, 0.05) is 48.8 Å². The first-order valence-electron chi connectivity index (χ1n) is 14.6. The molecule has 9 heteroatoms. The number of hydrogen-bond acceptors (Lipinski definition) is 0. The van der Waals surface area contributed by atoms with E-state index in [0.717, 1.165) is 82.0 Å². The smallest absolute Gasteiger partial charge is 0.127 e. The predicted molar refractivity (Wildman–Crippen MR) is 202 cm³/mol. The molecule has 8 aromatic rings. The highest BCUT2D eigenvalue weighted by Gasteiger charge is 2.24. The lowest BCUT2D eigenvalue weighted by molar-refractivity contribution is 0.584. The van der Waals surface area contributed by atoms with Crippen LogP contribution in [0.1, 0.15) is 0 Å². The molecule has 228 valence electrons. The predicted octanol–water partition coefficient (Wildman–Crippen LogP) is 10.1. The van der Waals surface area contributed by atoms with E-state index >= 15 is 13.2 Å². The molecule has 0 saturated heterocycles. The molecule has 0 spiro atoms. The molecule has 0 aliphatic rings. The maximum atomic E-state index is 16.3. The second kappa shape index (κ2) is 11.5. The summed E-state index contributed by atoms with van der Waals surface area (Å²) in [5.41, 5.74) is 4.72. The zero-order valence-electron chi connectivity index (χ0n) is 24.6. The van der Waals surface area contributed by atoms with Crippen molar-refractivity contribution in [1.29, 1.82) is 0 Å². The average Bonchev–Trinajstić information content (AvgIpc) is 3.54. The number of aromatic nitrogens is 2. The number of benzene rings is 6. The summed E-state index contributed by atoms with van der Waals surface area (Å²) in [5, 5.41) is 7.12. The molecule has 0 aliphatic carbocycles. The van der Waals surface area contributed by atoms with Crippen molar-refractivity contribution < 1.29 is 13.2 Å². The molecule has 6 aromatic carbocycles. The molecule has 2 nitrogen and oxygen atoms in total. The summed E-state index contributed by atoms with van der Waals surface area (Å²) < 4.78 is 50.4. The molecule has 2 heterocycles. The van der Waals surface area contributed by atoms with Gasteiger partial charge in [0.2, 0.25) is 0 Å². The highest BCUT2D eigenvalue weighted by Crippen LogP contribution is 2.43. The van der Waals surface area contributed by atoms with Gasteiger partial charge in [-0.05, 0) is 77.6 Å². The molecule has 1 unspecified atom stereocenters. The minimum Gasteiger partial charge on any atom is -0.308 e. The lowest BCUT2D eigenvalue weighted by Gasteiger charge is -2.21. The fourth-order valence-electron chi connectivity index (χ4n) is 6.64. The Morgan fingerprint density at radius 3 is 1.51 bits per heavy atom. The lowest BCUT2D eigenvalue weighted by Crippen LogP contribution is -2.07. The molecule has 0 amide bonds. The van der Waals surface area contributed by atoms with E-state index in [0.29, 0.717) is 22.0 Å². The molecular weight excluding hydrogens is 670 g/mol. The first kappa shape index (κ1) is 30.1. The first-order chi connectivity index (χ1) is 22.7. The van der Waals surface area contributed by atoms with Crippen molar-refractivity contribution in [3.05, 3.63) is 126 Å². The van der Waals surface area contributed by atoms with Crippen molar-refractivity contribution in [3.8, 4) is 22.5 Å². The fraction of sp³-hybridized carbons (Fsp3) is 0. The summed E-state index contributed by atoms with van der Waals surface area (Å²) in [7, 11) is 4.35. The summed E-state index contributed by atoms with van der Waals surface area (Å²) >= 11 is 6.56. The molecule has 0 fully saturated rings. The second-order valence-electron chi connectivity index (χ2n) is 11.3. The van der Waals surface area contributed by atoms with Crippen molar-refractivity contribution in [1.82, 2.24) is 9.13 Å². The van der Waals surface area contributed by atoms with E-state index in [1.54, 1.807) is 0 Å². The van der Waals surface area contributed by atoms with Gasteiger partial charge in [0.15, 0.2) is 0 Å². The van der Waals surface area contributed by atoms with Gasteiger partial charge in [0.1, 0.15) is 17.5 Å². The summed E-state index contributed by atoms with van der Waals surface area (Å²) in [6, 6.07) is 30.1. The fourth-order valence-corrected chi connectivity index (χ4v) is 7.85. The van der Waals surface area contributed by atoms with Crippen molar-refractivity contribution >= 4 is 109 Å². The zero-order chi connectivity index (χ0) is 32.6. The van der Waals surface area contributed by atoms with E-state index in [1.807, 2.05) is 81.9 Å². The van der Waals surface area contributed by atoms with Crippen LogP contribution in [0.3, 0.4) is 0 Å². The highest BCUT2D eigenvalue weighted by molar-refractivity contribution is 7.45. The molecule has 0 radical (unpaired) electrons. The Morgan fingerprint density at radius 2 is 0.979 bits per heavy atom. The Morgan fingerprint density at radius 1 is 0.532 bits per heavy atom. The summed E-state index contributed by atoms with van der Waals surface area (Å²) in [4.78, 5) is 0. The second-order valence-corrected chi connectivity index (χ2v) is 14.1. The van der Waals surface area contributed by atoms with Gasteiger partial charge in [-0.3, -0.25) is 0 Å². The van der Waals surface area contributed by atoms with Crippen molar-refractivity contribution in [2.45, 2.75) is 0 Å². The van der Waals surface area contributed by atoms with Gasteiger partial charge in [0.25, 0.3) is 0 Å². The number of hydrogen-bond donors (Lipinski definition) is 0. The van der Waals surface area contributed by atoms with E-state index in [9.17, 15) is 0 Å². The topological polar surface area (TPSA) is 9.86 Å². The van der Waals surface area contributed by atoms with Gasteiger partial charge >= 0.3 is 0 Å². The van der Waals surface area contributed by atoms with Crippen LogP contribution in [0.4, 0.5) is 13.2 Å². The van der Waals surface area contributed by atoms with Gasteiger partial charge in [-0.15, -0.1) is 9.24 Å². The van der Waals surface area contributed by atoms with Crippen LogP contribution in [-0.4, -0.2) is 21.7 Å². The van der Waals surface area contributed by atoms with Crippen LogP contribution in [-0.2, 0) is 0 Å². The van der Waals surface area contributed by atoms with Crippen LogP contribution >= 0.6 is 37.2 Å². The minimum absolute atomic E-state index is 0.263. The number of fused-ring (bicyclic) bond motifs is 6. The Labute approximate surface area is 278 Å². The molecule has 0 aliphatic heterocycles. The van der Waals surface area contributed by atoms with Crippen LogP contribution in [0.2, 0.25) is 5.02 Å². The summed E-state index contributed by atoms with van der Waals surface area (Å²) in [6.07, 6.45) is 8.12. The molecule has 0 saturated carbocycles. The zero-order valence-corrected chi connectivity index (χ0v) is 28.3. The van der Waals surface area contributed by atoms with Crippen LogP contribution in [0.5, 0.6) is 0 Å². The first-order valence-corrected chi connectivity index (χ1v) is 17.7. The lowest BCUT2D eigenvalue weighted by atomic mass is 9.99. The number of halogens is 4. The van der Waals surface area contributed by atoms with E-state index in [2.05, 4.69) is 21.8 Å². The standard InChI is InChI=1S/C38H23ClF3N2P3/c1-46-26-5-9-30-31-10-6-27(47-2)19-35(31)44(34(30)18-26)37-16-24(42)15-36(38(37)20-11-22(40)14-23(41)12-20)43-32-13-21(39)3-7-28(32)29-8-4-25(45)17-33(29)43/h3-19H,1-2,45H2. The molecule has 47 heavy (non-hydrogen) atoms. The quantitative estimate of drug-likeness (QED) is 0.159. The van der Waals surface area contributed by atoms with Gasteiger partial charge in [-0.2, -0.15) is 0 Å². The summed E-state index contributed by atoms with van der Waals surface area (Å²) in [6.45, 7) is 0. The SMILES string of the molecule is C=Pc1ccc2c3ccc(P=C)cc3n(-c3cc(F)cc(-n4c5cc(P)ccc5c5ccc(Cl)cc54)c3-c3cc(F)cc(F)c3)c2c1. The third-order valence-electron chi connectivity index (χ3n) is 8.55. The van der Waals surface area contributed by atoms with E-state index < -0.39 is 17.5 Å². The molecule has 1 atom stereocenters. The maximum Gasteiger partial charge on any atom is 0.127 e. The van der Waals surface area contributed by atoms with Crippen LogP contribution < -0.4 is 15.9 Å². The van der Waals surface area contributed by atoms with Gasteiger partial charge < -0.3 is 9.13 Å². The van der Waals surface area contributed by atoms with E-state index in [4.69, 9.17) is 11.6 Å². The molecule has 2 aromatic heterocycles. The van der Waals surface area contributed by atoms with Gasteiger partial charge in [0.05, 0.1) is 33.4 Å². The maximum absolute atomic E-state index is 16.3. The minimum atomic E-state index is -0.739. The van der Waals surface area contributed by atoms with Crippen LogP contribution in [0, 0.1) is 17.5 Å². The molecule has 8 rings (SSSR count).